The van der Waals surface area contributed by atoms with Gasteiger partial charge in [0, 0.05) is 25.7 Å². The molecule has 2 aromatic rings. The van der Waals surface area contributed by atoms with Crippen LogP contribution in [0.25, 0.3) is 0 Å². The predicted octanol–water partition coefficient (Wildman–Crippen LogP) is 4.12. The van der Waals surface area contributed by atoms with Crippen LogP contribution in [0.15, 0.2) is 8.83 Å². The summed E-state index contributed by atoms with van der Waals surface area (Å²) >= 11 is 2.29. The van der Waals surface area contributed by atoms with Gasteiger partial charge in [0.2, 0.25) is 0 Å². The average molecular weight is 374 g/mol. The van der Waals surface area contributed by atoms with E-state index in [2.05, 4.69) is 46.4 Å². The van der Waals surface area contributed by atoms with Crippen molar-refractivity contribution in [1.82, 2.24) is 9.97 Å². The molecule has 0 unspecified atom stereocenters. The summed E-state index contributed by atoms with van der Waals surface area (Å²) in [6.07, 6.45) is 1.58. The van der Waals surface area contributed by atoms with E-state index >= 15 is 0 Å². The maximum atomic E-state index is 5.72. The second-order valence-electron chi connectivity index (χ2n) is 4.95. The van der Waals surface area contributed by atoms with Gasteiger partial charge in [0.25, 0.3) is 0 Å². The molecule has 0 fully saturated rings. The molecule has 2 aromatic heterocycles. The lowest BCUT2D eigenvalue weighted by atomic mass is 10.1. The number of hydrogen-bond acceptors (Lipinski definition) is 4. The third-order valence-electron chi connectivity index (χ3n) is 2.99. The van der Waals surface area contributed by atoms with Gasteiger partial charge in [0.15, 0.2) is 11.8 Å². The molecular weight excluding hydrogens is 355 g/mol. The van der Waals surface area contributed by atoms with Crippen molar-refractivity contribution in [2.45, 2.75) is 50.9 Å². The van der Waals surface area contributed by atoms with Crippen LogP contribution in [0.5, 0.6) is 0 Å². The largest absolute Gasteiger partial charge is 0.445 e. The van der Waals surface area contributed by atoms with Crippen LogP contribution in [0.1, 0.15) is 54.5 Å². The lowest BCUT2D eigenvalue weighted by Crippen LogP contribution is -1.97. The van der Waals surface area contributed by atoms with Crippen molar-refractivity contribution in [3.63, 3.8) is 0 Å². The monoisotopic (exact) mass is 374 g/mol. The summed E-state index contributed by atoms with van der Waals surface area (Å²) < 4.78 is 12.2. The normalized spacial score (nSPS) is 11.5. The maximum absolute atomic E-state index is 5.72. The summed E-state index contributed by atoms with van der Waals surface area (Å²) in [4.78, 5) is 8.91. The number of aryl methyl sites for hydroxylation is 4. The number of oxazole rings is 2. The molecule has 0 atom stereocenters. The summed E-state index contributed by atoms with van der Waals surface area (Å²) in [5.41, 5.74) is 2.02. The highest BCUT2D eigenvalue weighted by atomic mass is 127. The molecule has 0 aliphatic rings. The van der Waals surface area contributed by atoms with Gasteiger partial charge in [-0.1, -0.05) is 36.4 Å². The van der Waals surface area contributed by atoms with Gasteiger partial charge in [-0.25, -0.2) is 9.97 Å². The lowest BCUT2D eigenvalue weighted by Gasteiger charge is -2.02. The second kappa shape index (κ2) is 6.07. The van der Waals surface area contributed by atoms with E-state index in [1.54, 1.807) is 0 Å². The van der Waals surface area contributed by atoms with Crippen molar-refractivity contribution in [3.8, 4) is 0 Å². The minimum atomic E-state index is 0.354. The predicted molar refractivity (Wildman–Crippen MR) is 81.7 cm³/mol. The molecule has 0 amide bonds. The Hall–Kier alpha value is -0.850. The molecule has 0 spiro atoms. The van der Waals surface area contributed by atoms with Crippen LogP contribution >= 0.6 is 22.6 Å². The van der Waals surface area contributed by atoms with Gasteiger partial charge in [-0.3, -0.25) is 0 Å². The van der Waals surface area contributed by atoms with Crippen molar-refractivity contribution in [2.75, 3.05) is 0 Å². The zero-order valence-electron chi connectivity index (χ0n) is 11.8. The molecule has 0 radical (unpaired) electrons. The van der Waals surface area contributed by atoms with E-state index < -0.39 is 0 Å². The molecule has 5 heteroatoms. The van der Waals surface area contributed by atoms with E-state index in [4.69, 9.17) is 8.83 Å². The highest BCUT2D eigenvalue weighted by Gasteiger charge is 2.16. The van der Waals surface area contributed by atoms with E-state index in [0.29, 0.717) is 5.92 Å². The quantitative estimate of drug-likeness (QED) is 0.584. The van der Waals surface area contributed by atoms with Gasteiger partial charge in [-0.2, -0.15) is 0 Å². The molecular formula is C14H19IN2O2. The van der Waals surface area contributed by atoms with Crippen molar-refractivity contribution in [3.05, 3.63) is 34.7 Å². The van der Waals surface area contributed by atoms with Crippen LogP contribution in [-0.4, -0.2) is 9.97 Å². The first-order valence-electron chi connectivity index (χ1n) is 6.48. The Morgan fingerprint density at radius 2 is 1.84 bits per heavy atom. The van der Waals surface area contributed by atoms with E-state index in [0.717, 1.165) is 52.0 Å². The van der Waals surface area contributed by atoms with Gasteiger partial charge < -0.3 is 8.83 Å². The molecule has 4 nitrogen and oxygen atoms in total. The SMILES string of the molecule is Cc1nc(CCc2nc(C)c(CI)o2)c(C(C)C)o1. The summed E-state index contributed by atoms with van der Waals surface area (Å²) in [7, 11) is 0. The number of alkyl halides is 1. The standard InChI is InChI=1S/C14H19IN2O2/c1-8(2)14-11(17-10(4)18-14)5-6-13-16-9(3)12(7-15)19-13/h8H,5-7H2,1-4H3. The molecule has 2 rings (SSSR count). The van der Waals surface area contributed by atoms with Crippen LogP contribution in [-0.2, 0) is 17.3 Å². The highest BCUT2D eigenvalue weighted by molar-refractivity contribution is 14.1. The van der Waals surface area contributed by atoms with Crippen LogP contribution < -0.4 is 0 Å². The molecule has 0 aromatic carbocycles. The topological polar surface area (TPSA) is 52.1 Å². The number of rotatable bonds is 5. The molecule has 0 aliphatic carbocycles. The zero-order valence-corrected chi connectivity index (χ0v) is 13.9. The first kappa shape index (κ1) is 14.6. The molecule has 0 bridgehead atoms. The summed E-state index contributed by atoms with van der Waals surface area (Å²) in [6, 6.07) is 0. The van der Waals surface area contributed by atoms with Crippen molar-refractivity contribution in [1.29, 1.82) is 0 Å². The fourth-order valence-corrected chi connectivity index (χ4v) is 2.77. The van der Waals surface area contributed by atoms with Crippen molar-refractivity contribution >= 4 is 22.6 Å². The van der Waals surface area contributed by atoms with Gasteiger partial charge in [-0.15, -0.1) is 0 Å². The molecule has 0 saturated carbocycles. The highest BCUT2D eigenvalue weighted by Crippen LogP contribution is 2.22. The Balaban J connectivity index is 2.09. The Kier molecular flexibility index (Phi) is 4.65. The van der Waals surface area contributed by atoms with Crippen molar-refractivity contribution in [2.24, 2.45) is 0 Å². The second-order valence-corrected chi connectivity index (χ2v) is 5.71. The van der Waals surface area contributed by atoms with Crippen molar-refractivity contribution < 1.29 is 8.83 Å². The lowest BCUT2D eigenvalue weighted by molar-refractivity contribution is 0.450. The van der Waals surface area contributed by atoms with Crippen LogP contribution in [0.4, 0.5) is 0 Å². The molecule has 19 heavy (non-hydrogen) atoms. The Bertz CT molecular complexity index is 558. The van der Waals surface area contributed by atoms with Gasteiger partial charge in [0.05, 0.1) is 15.8 Å². The average Bonchev–Trinajstić information content (AvgIpc) is 2.89. The summed E-state index contributed by atoms with van der Waals surface area (Å²) in [5.74, 6) is 3.83. The van der Waals surface area contributed by atoms with Gasteiger partial charge in [-0.05, 0) is 6.92 Å². The van der Waals surface area contributed by atoms with E-state index in [1.807, 2.05) is 13.8 Å². The molecule has 2 heterocycles. The van der Waals surface area contributed by atoms with Crippen LogP contribution in [0, 0.1) is 13.8 Å². The Labute approximate surface area is 127 Å². The van der Waals surface area contributed by atoms with E-state index in [1.165, 1.54) is 0 Å². The third kappa shape index (κ3) is 3.38. The third-order valence-corrected chi connectivity index (χ3v) is 3.69. The minimum absolute atomic E-state index is 0.354. The number of aromatic nitrogens is 2. The Morgan fingerprint density at radius 1 is 1.11 bits per heavy atom. The maximum Gasteiger partial charge on any atom is 0.195 e. The van der Waals surface area contributed by atoms with Gasteiger partial charge >= 0.3 is 0 Å². The first-order chi connectivity index (χ1) is 9.01. The number of halogens is 1. The minimum Gasteiger partial charge on any atom is -0.445 e. The van der Waals surface area contributed by atoms with Crippen LogP contribution in [0.2, 0.25) is 0 Å². The number of nitrogens with zero attached hydrogens (tertiary/aromatic N) is 2. The van der Waals surface area contributed by atoms with E-state index in [9.17, 15) is 0 Å². The van der Waals surface area contributed by atoms with Crippen LogP contribution in [0.3, 0.4) is 0 Å². The molecule has 0 aliphatic heterocycles. The Morgan fingerprint density at radius 3 is 2.42 bits per heavy atom. The fourth-order valence-electron chi connectivity index (χ4n) is 2.06. The number of hydrogen-bond donors (Lipinski definition) is 0. The fraction of sp³-hybridized carbons (Fsp3) is 0.571. The van der Waals surface area contributed by atoms with Gasteiger partial charge in [0.1, 0.15) is 11.5 Å². The summed E-state index contributed by atoms with van der Waals surface area (Å²) in [6.45, 7) is 8.11. The summed E-state index contributed by atoms with van der Waals surface area (Å²) in [5, 5.41) is 0. The van der Waals surface area contributed by atoms with E-state index in [-0.39, 0.29) is 0 Å². The molecule has 0 N–H and O–H groups in total. The smallest absolute Gasteiger partial charge is 0.195 e. The first-order valence-corrected chi connectivity index (χ1v) is 8.01. The zero-order chi connectivity index (χ0) is 14.0. The molecule has 0 saturated heterocycles. The molecule has 104 valence electrons.